The van der Waals surface area contributed by atoms with Crippen molar-refractivity contribution >= 4 is 10.9 Å². The molecule has 1 aromatic carbocycles. The summed E-state index contributed by atoms with van der Waals surface area (Å²) in [6, 6.07) is 6.31. The van der Waals surface area contributed by atoms with E-state index in [1.807, 2.05) is 6.07 Å². The summed E-state index contributed by atoms with van der Waals surface area (Å²) >= 11 is 0. The Morgan fingerprint density at radius 2 is 2.08 bits per heavy atom. The van der Waals surface area contributed by atoms with E-state index in [0.717, 1.165) is 11.9 Å². The van der Waals surface area contributed by atoms with Crippen molar-refractivity contribution in [1.82, 2.24) is 10.2 Å². The standard InChI is InChI=1S/C11H12N2/c1-3-9-5-4-8(2)11-10(9)6-7-12-13-11/h4-7H,3H2,1-2H3. The van der Waals surface area contributed by atoms with Gasteiger partial charge in [0, 0.05) is 5.39 Å². The molecule has 2 rings (SSSR count). The van der Waals surface area contributed by atoms with Crippen LogP contribution in [-0.2, 0) is 6.42 Å². The van der Waals surface area contributed by atoms with Gasteiger partial charge in [-0.15, -0.1) is 0 Å². The monoisotopic (exact) mass is 172 g/mol. The fraction of sp³-hybridized carbons (Fsp3) is 0.273. The van der Waals surface area contributed by atoms with Gasteiger partial charge in [0.2, 0.25) is 0 Å². The lowest BCUT2D eigenvalue weighted by Crippen LogP contribution is -1.90. The molecule has 0 saturated heterocycles. The zero-order valence-electron chi connectivity index (χ0n) is 7.91. The Labute approximate surface area is 77.6 Å². The summed E-state index contributed by atoms with van der Waals surface area (Å²) < 4.78 is 0. The molecule has 1 heterocycles. The molecule has 2 aromatic rings. The normalized spacial score (nSPS) is 10.6. The van der Waals surface area contributed by atoms with Crippen molar-refractivity contribution in [2.75, 3.05) is 0 Å². The van der Waals surface area contributed by atoms with Crippen LogP contribution in [0.4, 0.5) is 0 Å². The van der Waals surface area contributed by atoms with Gasteiger partial charge in [-0.1, -0.05) is 19.1 Å². The van der Waals surface area contributed by atoms with Crippen LogP contribution in [0.3, 0.4) is 0 Å². The Balaban J connectivity index is 2.84. The van der Waals surface area contributed by atoms with Crippen molar-refractivity contribution < 1.29 is 0 Å². The molecule has 13 heavy (non-hydrogen) atoms. The van der Waals surface area contributed by atoms with Gasteiger partial charge in [-0.25, -0.2) is 0 Å². The minimum absolute atomic E-state index is 1.03. The van der Waals surface area contributed by atoms with Gasteiger partial charge >= 0.3 is 0 Å². The smallest absolute Gasteiger partial charge is 0.0961 e. The van der Waals surface area contributed by atoms with Gasteiger partial charge < -0.3 is 0 Å². The van der Waals surface area contributed by atoms with Crippen LogP contribution in [0.5, 0.6) is 0 Å². The first kappa shape index (κ1) is 8.17. The number of aromatic nitrogens is 2. The third kappa shape index (κ3) is 1.28. The second-order valence-corrected chi connectivity index (χ2v) is 3.19. The van der Waals surface area contributed by atoms with Crippen LogP contribution in [-0.4, -0.2) is 10.2 Å². The lowest BCUT2D eigenvalue weighted by atomic mass is 10.0. The number of rotatable bonds is 1. The number of aryl methyl sites for hydroxylation is 2. The largest absolute Gasteiger partial charge is 0.159 e. The second kappa shape index (κ2) is 3.13. The molecule has 0 aliphatic rings. The molecule has 0 saturated carbocycles. The van der Waals surface area contributed by atoms with E-state index in [-0.39, 0.29) is 0 Å². The molecule has 66 valence electrons. The average Bonchev–Trinajstić information content (AvgIpc) is 2.19. The first-order valence-electron chi connectivity index (χ1n) is 4.53. The Bertz CT molecular complexity index is 435. The Hall–Kier alpha value is -1.44. The highest BCUT2D eigenvalue weighted by molar-refractivity contribution is 5.84. The highest BCUT2D eigenvalue weighted by Gasteiger charge is 2.02. The summed E-state index contributed by atoms with van der Waals surface area (Å²) in [4.78, 5) is 0. The summed E-state index contributed by atoms with van der Waals surface area (Å²) in [5.74, 6) is 0. The molecular formula is C11H12N2. The Kier molecular flexibility index (Phi) is 1.97. The fourth-order valence-corrected chi connectivity index (χ4v) is 1.58. The lowest BCUT2D eigenvalue weighted by molar-refractivity contribution is 1.06. The van der Waals surface area contributed by atoms with Crippen LogP contribution < -0.4 is 0 Å². The topological polar surface area (TPSA) is 25.8 Å². The van der Waals surface area contributed by atoms with Gasteiger partial charge in [0.1, 0.15) is 0 Å². The first-order valence-corrected chi connectivity index (χ1v) is 4.53. The average molecular weight is 172 g/mol. The van der Waals surface area contributed by atoms with Crippen LogP contribution in [0.15, 0.2) is 24.4 Å². The van der Waals surface area contributed by atoms with E-state index in [4.69, 9.17) is 0 Å². The van der Waals surface area contributed by atoms with Crippen molar-refractivity contribution in [1.29, 1.82) is 0 Å². The molecule has 0 spiro atoms. The molecule has 0 aliphatic carbocycles. The van der Waals surface area contributed by atoms with Crippen molar-refractivity contribution in [2.45, 2.75) is 20.3 Å². The van der Waals surface area contributed by atoms with E-state index in [9.17, 15) is 0 Å². The summed E-state index contributed by atoms with van der Waals surface area (Å²) in [5.41, 5.74) is 3.57. The minimum atomic E-state index is 1.03. The number of hydrogen-bond acceptors (Lipinski definition) is 2. The van der Waals surface area contributed by atoms with Crippen LogP contribution >= 0.6 is 0 Å². The minimum Gasteiger partial charge on any atom is -0.159 e. The second-order valence-electron chi connectivity index (χ2n) is 3.19. The number of hydrogen-bond donors (Lipinski definition) is 0. The maximum atomic E-state index is 4.14. The van der Waals surface area contributed by atoms with Crippen LogP contribution in [0.1, 0.15) is 18.1 Å². The van der Waals surface area contributed by atoms with Crippen LogP contribution in [0.2, 0.25) is 0 Å². The number of nitrogens with zero attached hydrogens (tertiary/aromatic N) is 2. The zero-order chi connectivity index (χ0) is 9.26. The highest BCUT2D eigenvalue weighted by atomic mass is 15.1. The van der Waals surface area contributed by atoms with Gasteiger partial charge in [-0.05, 0) is 30.5 Å². The van der Waals surface area contributed by atoms with Crippen molar-refractivity contribution in [2.24, 2.45) is 0 Å². The van der Waals surface area contributed by atoms with Crippen molar-refractivity contribution in [3.8, 4) is 0 Å². The first-order chi connectivity index (χ1) is 6.33. The third-order valence-electron chi connectivity index (χ3n) is 2.36. The predicted molar refractivity (Wildman–Crippen MR) is 53.7 cm³/mol. The summed E-state index contributed by atoms with van der Waals surface area (Å²) in [6.45, 7) is 4.22. The Morgan fingerprint density at radius 3 is 2.85 bits per heavy atom. The van der Waals surface area contributed by atoms with Crippen molar-refractivity contribution in [3.05, 3.63) is 35.5 Å². The van der Waals surface area contributed by atoms with E-state index in [1.165, 1.54) is 16.5 Å². The number of benzene rings is 1. The molecular weight excluding hydrogens is 160 g/mol. The lowest BCUT2D eigenvalue weighted by Gasteiger charge is -2.04. The maximum Gasteiger partial charge on any atom is 0.0961 e. The van der Waals surface area contributed by atoms with E-state index < -0.39 is 0 Å². The van der Waals surface area contributed by atoms with Gasteiger partial charge in [0.05, 0.1) is 11.7 Å². The molecule has 2 heteroatoms. The van der Waals surface area contributed by atoms with Gasteiger partial charge in [-0.3, -0.25) is 0 Å². The fourth-order valence-electron chi connectivity index (χ4n) is 1.58. The molecule has 0 aliphatic heterocycles. The quantitative estimate of drug-likeness (QED) is 0.660. The molecule has 2 nitrogen and oxygen atoms in total. The van der Waals surface area contributed by atoms with Crippen molar-refractivity contribution in [3.63, 3.8) is 0 Å². The summed E-state index contributed by atoms with van der Waals surface area (Å²) in [5, 5.41) is 9.27. The molecule has 0 bridgehead atoms. The molecule has 0 unspecified atom stereocenters. The van der Waals surface area contributed by atoms with E-state index in [1.54, 1.807) is 6.20 Å². The summed E-state index contributed by atoms with van der Waals surface area (Å²) in [6.07, 6.45) is 2.80. The SMILES string of the molecule is CCc1ccc(C)c2nnccc12. The van der Waals surface area contributed by atoms with E-state index >= 15 is 0 Å². The zero-order valence-corrected chi connectivity index (χ0v) is 7.91. The van der Waals surface area contributed by atoms with Crippen LogP contribution in [0.25, 0.3) is 10.9 Å². The van der Waals surface area contributed by atoms with E-state index in [2.05, 4.69) is 36.2 Å². The van der Waals surface area contributed by atoms with Gasteiger partial charge in [-0.2, -0.15) is 10.2 Å². The predicted octanol–water partition coefficient (Wildman–Crippen LogP) is 2.50. The Morgan fingerprint density at radius 1 is 1.23 bits per heavy atom. The molecule has 0 fully saturated rings. The molecule has 0 atom stereocenters. The highest BCUT2D eigenvalue weighted by Crippen LogP contribution is 2.19. The molecule has 0 radical (unpaired) electrons. The van der Waals surface area contributed by atoms with Gasteiger partial charge in [0.15, 0.2) is 0 Å². The van der Waals surface area contributed by atoms with E-state index in [0.29, 0.717) is 0 Å². The summed E-state index contributed by atoms with van der Waals surface area (Å²) in [7, 11) is 0. The third-order valence-corrected chi connectivity index (χ3v) is 2.36. The van der Waals surface area contributed by atoms with Crippen LogP contribution in [0, 0.1) is 6.92 Å². The van der Waals surface area contributed by atoms with Gasteiger partial charge in [0.25, 0.3) is 0 Å². The maximum absolute atomic E-state index is 4.14. The molecule has 1 aromatic heterocycles. The number of fused-ring (bicyclic) bond motifs is 1. The molecule has 0 amide bonds. The molecule has 0 N–H and O–H groups in total.